The molecule has 0 aliphatic carbocycles. The molecule has 0 aromatic heterocycles. The van der Waals surface area contributed by atoms with Gasteiger partial charge in [0.2, 0.25) is 0 Å². The minimum atomic E-state index is -0.236. The molecule has 0 atom stereocenters. The molecule has 1 N–H and O–H groups in total. The van der Waals surface area contributed by atoms with Crippen molar-refractivity contribution >= 4 is 17.3 Å². The molecule has 1 aliphatic heterocycles. The highest BCUT2D eigenvalue weighted by molar-refractivity contribution is 7.80. The van der Waals surface area contributed by atoms with Crippen LogP contribution in [0.5, 0.6) is 11.5 Å². The predicted molar refractivity (Wildman–Crippen MR) is 99.4 cm³/mol. The fourth-order valence-electron chi connectivity index (χ4n) is 2.63. The topological polar surface area (TPSA) is 33.7 Å². The molecule has 0 spiro atoms. The van der Waals surface area contributed by atoms with Crippen molar-refractivity contribution in [2.24, 2.45) is 0 Å². The summed E-state index contributed by atoms with van der Waals surface area (Å²) in [6, 6.07) is 12.4. The average Bonchev–Trinajstić information content (AvgIpc) is 2.65. The summed E-state index contributed by atoms with van der Waals surface area (Å²) >= 11 is 5.50. The summed E-state index contributed by atoms with van der Waals surface area (Å²) < 4.78 is 24.1. The molecule has 1 aliphatic rings. The van der Waals surface area contributed by atoms with Crippen molar-refractivity contribution in [2.45, 2.75) is 20.0 Å². The van der Waals surface area contributed by atoms with E-state index >= 15 is 0 Å². The number of halogens is 1. The van der Waals surface area contributed by atoms with E-state index in [1.54, 1.807) is 12.1 Å². The SMILES string of the molecule is CCN(Cc1ccc2c(c1)OCCO2)C(=S)NCc1ccc(F)cc1. The summed E-state index contributed by atoms with van der Waals surface area (Å²) in [7, 11) is 0. The molecular weight excluding hydrogens is 339 g/mol. The number of nitrogens with zero attached hydrogens (tertiary/aromatic N) is 1. The Kier molecular flexibility index (Phi) is 5.71. The monoisotopic (exact) mass is 360 g/mol. The Balaban J connectivity index is 1.59. The summed E-state index contributed by atoms with van der Waals surface area (Å²) in [4.78, 5) is 2.07. The fraction of sp³-hybridized carbons (Fsp3) is 0.316. The van der Waals surface area contributed by atoms with Crippen molar-refractivity contribution in [3.8, 4) is 11.5 Å². The number of thiocarbonyl (C=S) groups is 1. The Morgan fingerprint density at radius 1 is 1.08 bits per heavy atom. The molecule has 2 aromatic carbocycles. The molecule has 3 rings (SSSR count). The Hall–Kier alpha value is -2.34. The highest BCUT2D eigenvalue weighted by Crippen LogP contribution is 2.31. The van der Waals surface area contributed by atoms with Crippen LogP contribution in [-0.2, 0) is 13.1 Å². The van der Waals surface area contributed by atoms with Crippen LogP contribution in [0.3, 0.4) is 0 Å². The molecule has 25 heavy (non-hydrogen) atoms. The van der Waals surface area contributed by atoms with E-state index in [2.05, 4.69) is 17.1 Å². The Bertz CT molecular complexity index is 737. The van der Waals surface area contributed by atoms with E-state index in [9.17, 15) is 4.39 Å². The molecular formula is C19H21FN2O2S. The number of benzene rings is 2. The van der Waals surface area contributed by atoms with Gasteiger partial charge in [-0.2, -0.15) is 0 Å². The first kappa shape index (κ1) is 17.5. The van der Waals surface area contributed by atoms with Crippen LogP contribution in [0.2, 0.25) is 0 Å². The largest absolute Gasteiger partial charge is 0.486 e. The van der Waals surface area contributed by atoms with Crippen LogP contribution >= 0.6 is 12.2 Å². The van der Waals surface area contributed by atoms with E-state index in [-0.39, 0.29) is 5.82 Å². The number of hydrogen-bond acceptors (Lipinski definition) is 3. The molecule has 0 unspecified atom stereocenters. The maximum atomic E-state index is 13.0. The van der Waals surface area contributed by atoms with Crippen molar-refractivity contribution in [2.75, 3.05) is 19.8 Å². The van der Waals surface area contributed by atoms with Crippen LogP contribution in [0, 0.1) is 5.82 Å². The number of rotatable bonds is 5. The molecule has 132 valence electrons. The standard InChI is InChI=1S/C19H21FN2O2S/c1-2-22(19(25)21-12-14-3-6-16(20)7-4-14)13-15-5-8-17-18(11-15)24-10-9-23-17/h3-8,11H,2,9-10,12-13H2,1H3,(H,21,25). The molecule has 4 nitrogen and oxygen atoms in total. The second-order valence-corrected chi connectivity index (χ2v) is 6.16. The number of hydrogen-bond donors (Lipinski definition) is 1. The normalized spacial score (nSPS) is 12.6. The van der Waals surface area contributed by atoms with Crippen molar-refractivity contribution in [1.29, 1.82) is 0 Å². The van der Waals surface area contributed by atoms with E-state index in [0.29, 0.717) is 31.4 Å². The highest BCUT2D eigenvalue weighted by Gasteiger charge is 2.14. The van der Waals surface area contributed by atoms with E-state index in [0.717, 1.165) is 29.2 Å². The molecule has 0 saturated heterocycles. The molecule has 0 bridgehead atoms. The van der Waals surface area contributed by atoms with Gasteiger partial charge in [0.1, 0.15) is 19.0 Å². The zero-order valence-corrected chi connectivity index (χ0v) is 14.9. The minimum absolute atomic E-state index is 0.236. The lowest BCUT2D eigenvalue weighted by atomic mass is 10.2. The second kappa shape index (κ2) is 8.16. The molecule has 0 saturated carbocycles. The van der Waals surface area contributed by atoms with Gasteiger partial charge < -0.3 is 19.7 Å². The summed E-state index contributed by atoms with van der Waals surface area (Å²) in [6.45, 7) is 5.25. The molecule has 2 aromatic rings. The third kappa shape index (κ3) is 4.60. The number of ether oxygens (including phenoxy) is 2. The van der Waals surface area contributed by atoms with Crippen molar-refractivity contribution in [3.05, 3.63) is 59.4 Å². The lowest BCUT2D eigenvalue weighted by molar-refractivity contribution is 0.171. The summed E-state index contributed by atoms with van der Waals surface area (Å²) in [5, 5.41) is 3.90. The van der Waals surface area contributed by atoms with Gasteiger partial charge in [-0.1, -0.05) is 18.2 Å². The van der Waals surface area contributed by atoms with Gasteiger partial charge in [-0.3, -0.25) is 0 Å². The third-order valence-corrected chi connectivity index (χ3v) is 4.41. The van der Waals surface area contributed by atoms with Gasteiger partial charge in [0.15, 0.2) is 16.6 Å². The third-order valence-electron chi connectivity index (χ3n) is 4.01. The first-order valence-corrected chi connectivity index (χ1v) is 8.72. The van der Waals surface area contributed by atoms with Gasteiger partial charge >= 0.3 is 0 Å². The summed E-state index contributed by atoms with van der Waals surface area (Å²) in [5.41, 5.74) is 2.09. The van der Waals surface area contributed by atoms with E-state index < -0.39 is 0 Å². The zero-order chi connectivity index (χ0) is 17.6. The smallest absolute Gasteiger partial charge is 0.169 e. The van der Waals surface area contributed by atoms with Crippen molar-refractivity contribution in [1.82, 2.24) is 10.2 Å². The number of nitrogens with one attached hydrogen (secondary N) is 1. The van der Waals surface area contributed by atoms with Crippen molar-refractivity contribution < 1.29 is 13.9 Å². The lowest BCUT2D eigenvalue weighted by Gasteiger charge is -2.25. The van der Waals surface area contributed by atoms with Crippen LogP contribution < -0.4 is 14.8 Å². The molecule has 0 radical (unpaired) electrons. The first-order valence-electron chi connectivity index (χ1n) is 8.31. The van der Waals surface area contributed by atoms with E-state index in [4.69, 9.17) is 21.7 Å². The van der Waals surface area contributed by atoms with E-state index in [1.165, 1.54) is 12.1 Å². The fourth-order valence-corrected chi connectivity index (χ4v) is 2.89. The van der Waals surface area contributed by atoms with Gasteiger partial charge in [0.25, 0.3) is 0 Å². The number of fused-ring (bicyclic) bond motifs is 1. The Morgan fingerprint density at radius 2 is 1.76 bits per heavy atom. The maximum absolute atomic E-state index is 13.0. The van der Waals surface area contributed by atoms with Crippen LogP contribution in [0.1, 0.15) is 18.1 Å². The van der Waals surface area contributed by atoms with Crippen molar-refractivity contribution in [3.63, 3.8) is 0 Å². The zero-order valence-electron chi connectivity index (χ0n) is 14.1. The average molecular weight is 360 g/mol. The molecule has 1 heterocycles. The Morgan fingerprint density at radius 3 is 2.48 bits per heavy atom. The highest BCUT2D eigenvalue weighted by atomic mass is 32.1. The van der Waals surface area contributed by atoms with Gasteiger partial charge in [-0.05, 0) is 54.5 Å². The quantitative estimate of drug-likeness (QED) is 0.826. The maximum Gasteiger partial charge on any atom is 0.169 e. The molecule has 6 heteroatoms. The van der Waals surface area contributed by atoms with Gasteiger partial charge in [-0.25, -0.2) is 4.39 Å². The van der Waals surface area contributed by atoms with Crippen LogP contribution in [0.4, 0.5) is 4.39 Å². The van der Waals surface area contributed by atoms with Crippen LogP contribution in [-0.4, -0.2) is 29.8 Å². The first-order chi connectivity index (χ1) is 12.2. The van der Waals surface area contributed by atoms with Gasteiger partial charge in [0, 0.05) is 19.6 Å². The summed E-state index contributed by atoms with van der Waals surface area (Å²) in [5.74, 6) is 1.33. The Labute approximate surface area is 152 Å². The predicted octanol–water partition coefficient (Wildman–Crippen LogP) is 3.49. The van der Waals surface area contributed by atoms with Crippen LogP contribution in [0.25, 0.3) is 0 Å². The summed E-state index contributed by atoms with van der Waals surface area (Å²) in [6.07, 6.45) is 0. The van der Waals surface area contributed by atoms with E-state index in [1.807, 2.05) is 18.2 Å². The minimum Gasteiger partial charge on any atom is -0.486 e. The molecule has 0 amide bonds. The second-order valence-electron chi connectivity index (χ2n) is 5.78. The van der Waals surface area contributed by atoms with Gasteiger partial charge in [-0.15, -0.1) is 0 Å². The van der Waals surface area contributed by atoms with Gasteiger partial charge in [0.05, 0.1) is 0 Å². The molecule has 0 fully saturated rings. The van der Waals surface area contributed by atoms with Crippen LogP contribution in [0.15, 0.2) is 42.5 Å². The lowest BCUT2D eigenvalue weighted by Crippen LogP contribution is -2.38.